The van der Waals surface area contributed by atoms with Gasteiger partial charge in [-0.15, -0.1) is 0 Å². The van der Waals surface area contributed by atoms with Crippen LogP contribution in [0.1, 0.15) is 18.1 Å². The lowest BCUT2D eigenvalue weighted by molar-refractivity contribution is -0.130. The Bertz CT molecular complexity index is 811. The number of nitrogens with zero attached hydrogens (tertiary/aromatic N) is 2. The summed E-state index contributed by atoms with van der Waals surface area (Å²) in [5.74, 6) is 0.113. The molecule has 0 saturated heterocycles. The SMILES string of the molecule is CCN(Cc1cccc(F)c1)C(=O)NCc1cccc(OCC(=O)N(C)C)c1. The lowest BCUT2D eigenvalue weighted by Gasteiger charge is -2.21. The summed E-state index contributed by atoms with van der Waals surface area (Å²) in [5.41, 5.74) is 1.59. The van der Waals surface area contributed by atoms with Crippen molar-refractivity contribution < 1.29 is 18.7 Å². The third-order valence-corrected chi connectivity index (χ3v) is 4.13. The zero-order valence-electron chi connectivity index (χ0n) is 16.4. The molecule has 0 aliphatic heterocycles. The van der Waals surface area contributed by atoms with Crippen molar-refractivity contribution >= 4 is 11.9 Å². The van der Waals surface area contributed by atoms with Gasteiger partial charge in [0.1, 0.15) is 11.6 Å². The van der Waals surface area contributed by atoms with Gasteiger partial charge < -0.3 is 19.9 Å². The number of amides is 3. The van der Waals surface area contributed by atoms with Crippen LogP contribution in [0.3, 0.4) is 0 Å². The minimum Gasteiger partial charge on any atom is -0.484 e. The van der Waals surface area contributed by atoms with Crippen molar-refractivity contribution in [2.45, 2.75) is 20.0 Å². The molecular weight excluding hydrogens is 361 g/mol. The molecule has 0 aromatic heterocycles. The van der Waals surface area contributed by atoms with E-state index in [0.717, 1.165) is 11.1 Å². The summed E-state index contributed by atoms with van der Waals surface area (Å²) < 4.78 is 18.8. The van der Waals surface area contributed by atoms with Crippen LogP contribution in [0.15, 0.2) is 48.5 Å². The monoisotopic (exact) mass is 387 g/mol. The maximum absolute atomic E-state index is 13.3. The van der Waals surface area contributed by atoms with E-state index in [-0.39, 0.29) is 24.4 Å². The Morgan fingerprint density at radius 2 is 1.79 bits per heavy atom. The van der Waals surface area contributed by atoms with Crippen molar-refractivity contribution in [2.24, 2.45) is 0 Å². The number of carbonyl (C=O) groups excluding carboxylic acids is 2. The predicted octanol–water partition coefficient (Wildman–Crippen LogP) is 3.02. The van der Waals surface area contributed by atoms with Gasteiger partial charge in [0.2, 0.25) is 0 Å². The highest BCUT2D eigenvalue weighted by Gasteiger charge is 2.12. The number of rotatable bonds is 8. The molecule has 3 amide bonds. The number of hydrogen-bond donors (Lipinski definition) is 1. The van der Waals surface area contributed by atoms with Gasteiger partial charge in [-0.1, -0.05) is 24.3 Å². The Labute approximate surface area is 164 Å². The Balaban J connectivity index is 1.90. The van der Waals surface area contributed by atoms with Crippen molar-refractivity contribution in [2.75, 3.05) is 27.2 Å². The first-order valence-corrected chi connectivity index (χ1v) is 9.08. The number of nitrogens with one attached hydrogen (secondary N) is 1. The zero-order valence-corrected chi connectivity index (χ0v) is 16.4. The van der Waals surface area contributed by atoms with E-state index in [2.05, 4.69) is 5.32 Å². The predicted molar refractivity (Wildman–Crippen MR) is 105 cm³/mol. The van der Waals surface area contributed by atoms with Gasteiger partial charge in [0.05, 0.1) is 0 Å². The molecule has 0 saturated carbocycles. The summed E-state index contributed by atoms with van der Waals surface area (Å²) in [6.07, 6.45) is 0. The van der Waals surface area contributed by atoms with E-state index in [0.29, 0.717) is 25.4 Å². The van der Waals surface area contributed by atoms with Gasteiger partial charge in [0, 0.05) is 33.7 Å². The molecule has 0 aliphatic rings. The number of hydrogen-bond acceptors (Lipinski definition) is 3. The quantitative estimate of drug-likeness (QED) is 0.757. The van der Waals surface area contributed by atoms with Crippen LogP contribution >= 0.6 is 0 Å². The molecule has 2 aromatic carbocycles. The van der Waals surface area contributed by atoms with Crippen molar-refractivity contribution in [3.8, 4) is 5.75 Å². The molecule has 0 heterocycles. The molecule has 1 N–H and O–H groups in total. The average Bonchev–Trinajstić information content (AvgIpc) is 2.68. The largest absolute Gasteiger partial charge is 0.484 e. The van der Waals surface area contributed by atoms with Gasteiger partial charge in [-0.3, -0.25) is 4.79 Å². The third-order valence-electron chi connectivity index (χ3n) is 4.13. The molecular formula is C21H26FN3O3. The van der Waals surface area contributed by atoms with Gasteiger partial charge in [-0.2, -0.15) is 0 Å². The van der Waals surface area contributed by atoms with Crippen LogP contribution in [-0.4, -0.2) is 49.0 Å². The highest BCUT2D eigenvalue weighted by atomic mass is 19.1. The molecule has 0 bridgehead atoms. The van der Waals surface area contributed by atoms with E-state index in [4.69, 9.17) is 4.74 Å². The lowest BCUT2D eigenvalue weighted by atomic mass is 10.2. The van der Waals surface area contributed by atoms with Crippen LogP contribution in [0.4, 0.5) is 9.18 Å². The first kappa shape index (κ1) is 21.2. The van der Waals surface area contributed by atoms with Crippen LogP contribution in [0, 0.1) is 5.82 Å². The highest BCUT2D eigenvalue weighted by Crippen LogP contribution is 2.14. The first-order chi connectivity index (χ1) is 13.4. The molecule has 0 aliphatic carbocycles. The van der Waals surface area contributed by atoms with Crippen LogP contribution in [-0.2, 0) is 17.9 Å². The molecule has 0 radical (unpaired) electrons. The smallest absolute Gasteiger partial charge is 0.317 e. The molecule has 6 nitrogen and oxygen atoms in total. The number of urea groups is 1. The second-order valence-electron chi connectivity index (χ2n) is 6.53. The minimum absolute atomic E-state index is 0.0416. The summed E-state index contributed by atoms with van der Waals surface area (Å²) in [6.45, 7) is 2.97. The van der Waals surface area contributed by atoms with E-state index in [1.54, 1.807) is 49.3 Å². The maximum Gasteiger partial charge on any atom is 0.317 e. The van der Waals surface area contributed by atoms with Gasteiger partial charge in [-0.05, 0) is 42.3 Å². The summed E-state index contributed by atoms with van der Waals surface area (Å²) >= 11 is 0. The summed E-state index contributed by atoms with van der Waals surface area (Å²) in [5, 5.41) is 2.86. The van der Waals surface area contributed by atoms with Crippen LogP contribution in [0.25, 0.3) is 0 Å². The summed E-state index contributed by atoms with van der Waals surface area (Å²) in [4.78, 5) is 27.1. The van der Waals surface area contributed by atoms with Crippen molar-refractivity contribution in [1.82, 2.24) is 15.1 Å². The number of ether oxygens (including phenoxy) is 1. The molecule has 0 unspecified atom stereocenters. The van der Waals surface area contributed by atoms with Gasteiger partial charge in [-0.25, -0.2) is 9.18 Å². The van der Waals surface area contributed by atoms with Crippen LogP contribution in [0.2, 0.25) is 0 Å². The Hall–Kier alpha value is -3.09. The van der Waals surface area contributed by atoms with E-state index >= 15 is 0 Å². The molecule has 28 heavy (non-hydrogen) atoms. The Morgan fingerprint density at radius 3 is 2.46 bits per heavy atom. The van der Waals surface area contributed by atoms with Crippen LogP contribution in [0.5, 0.6) is 5.75 Å². The van der Waals surface area contributed by atoms with Crippen LogP contribution < -0.4 is 10.1 Å². The fraction of sp³-hybridized carbons (Fsp3) is 0.333. The molecule has 0 atom stereocenters. The Morgan fingerprint density at radius 1 is 1.07 bits per heavy atom. The number of benzene rings is 2. The number of carbonyl (C=O) groups is 2. The van der Waals surface area contributed by atoms with Crippen molar-refractivity contribution in [3.63, 3.8) is 0 Å². The second-order valence-corrected chi connectivity index (χ2v) is 6.53. The molecule has 2 aromatic rings. The molecule has 7 heteroatoms. The molecule has 0 fully saturated rings. The average molecular weight is 387 g/mol. The third kappa shape index (κ3) is 6.57. The Kier molecular flexibility index (Phi) is 7.80. The minimum atomic E-state index is -0.321. The summed E-state index contributed by atoms with van der Waals surface area (Å²) in [7, 11) is 3.34. The van der Waals surface area contributed by atoms with E-state index < -0.39 is 0 Å². The normalized spacial score (nSPS) is 10.3. The number of likely N-dealkylation sites (N-methyl/N-ethyl adjacent to an activating group) is 1. The molecule has 2 rings (SSSR count). The standard InChI is InChI=1S/C21H26FN3O3/c1-4-25(14-17-8-5-9-18(22)11-17)21(27)23-13-16-7-6-10-19(12-16)28-15-20(26)24(2)3/h5-12H,4,13-15H2,1-3H3,(H,23,27). The fourth-order valence-corrected chi connectivity index (χ4v) is 2.49. The first-order valence-electron chi connectivity index (χ1n) is 9.08. The number of halogens is 1. The van der Waals surface area contributed by atoms with Gasteiger partial charge in [0.15, 0.2) is 6.61 Å². The van der Waals surface area contributed by atoms with Gasteiger partial charge >= 0.3 is 6.03 Å². The van der Waals surface area contributed by atoms with E-state index in [9.17, 15) is 14.0 Å². The molecule has 0 spiro atoms. The highest BCUT2D eigenvalue weighted by molar-refractivity contribution is 5.77. The van der Waals surface area contributed by atoms with Crippen molar-refractivity contribution in [3.05, 3.63) is 65.5 Å². The fourth-order valence-electron chi connectivity index (χ4n) is 2.49. The zero-order chi connectivity index (χ0) is 20.5. The molecule has 150 valence electrons. The lowest BCUT2D eigenvalue weighted by Crippen LogP contribution is -2.39. The summed E-state index contributed by atoms with van der Waals surface area (Å²) in [6, 6.07) is 13.2. The second kappa shape index (κ2) is 10.3. The van der Waals surface area contributed by atoms with Crippen molar-refractivity contribution in [1.29, 1.82) is 0 Å². The van der Waals surface area contributed by atoms with E-state index in [1.807, 2.05) is 13.0 Å². The topological polar surface area (TPSA) is 61.9 Å². The van der Waals surface area contributed by atoms with Gasteiger partial charge in [0.25, 0.3) is 5.91 Å². The van der Waals surface area contributed by atoms with E-state index in [1.165, 1.54) is 17.0 Å². The maximum atomic E-state index is 13.3.